The molecular formula is C19H22N2O4S2. The Bertz CT molecular complexity index is 876. The maximum absolute atomic E-state index is 12.7. The largest absolute Gasteiger partial charge is 0.447 e. The standard InChI is InChI=1S/C19H22N2O4S2/c22-19-21(17(14-25-19)13-15-5-2-1-3-6-15)16-8-10-20(11-9-16)27(23,24)18-7-4-12-26-18/h1-7,12,16-17H,8-11,13-14H2/t17-/m0/s1. The van der Waals surface area contributed by atoms with Gasteiger partial charge in [0.05, 0.1) is 6.04 Å². The molecule has 0 bridgehead atoms. The van der Waals surface area contributed by atoms with Gasteiger partial charge in [0, 0.05) is 19.1 Å². The molecule has 1 atom stereocenters. The van der Waals surface area contributed by atoms with Crippen molar-refractivity contribution in [1.29, 1.82) is 0 Å². The summed E-state index contributed by atoms with van der Waals surface area (Å²) in [7, 11) is -3.42. The number of sulfonamides is 1. The van der Waals surface area contributed by atoms with E-state index in [1.165, 1.54) is 21.2 Å². The van der Waals surface area contributed by atoms with Gasteiger partial charge in [0.2, 0.25) is 0 Å². The van der Waals surface area contributed by atoms with Crippen LogP contribution in [0.5, 0.6) is 0 Å². The summed E-state index contributed by atoms with van der Waals surface area (Å²) >= 11 is 1.24. The van der Waals surface area contributed by atoms with Crippen LogP contribution in [-0.4, -0.2) is 55.5 Å². The zero-order chi connectivity index (χ0) is 18.9. The summed E-state index contributed by atoms with van der Waals surface area (Å²) in [5, 5.41) is 1.77. The minimum Gasteiger partial charge on any atom is -0.447 e. The van der Waals surface area contributed by atoms with Gasteiger partial charge in [-0.25, -0.2) is 13.2 Å². The fraction of sp³-hybridized carbons (Fsp3) is 0.421. The van der Waals surface area contributed by atoms with Crippen LogP contribution in [0.3, 0.4) is 0 Å². The normalized spacial score (nSPS) is 22.1. The Morgan fingerprint density at radius 3 is 2.48 bits per heavy atom. The minimum absolute atomic E-state index is 0.00496. The molecule has 0 N–H and O–H groups in total. The maximum Gasteiger partial charge on any atom is 0.410 e. The van der Waals surface area contributed by atoms with Crippen molar-refractivity contribution in [3.05, 3.63) is 53.4 Å². The van der Waals surface area contributed by atoms with Gasteiger partial charge in [-0.1, -0.05) is 36.4 Å². The molecule has 2 aromatic rings. The van der Waals surface area contributed by atoms with Crippen molar-refractivity contribution in [3.63, 3.8) is 0 Å². The third-order valence-electron chi connectivity index (χ3n) is 5.22. The molecule has 0 saturated carbocycles. The van der Waals surface area contributed by atoms with Crippen LogP contribution in [0, 0.1) is 0 Å². The fourth-order valence-corrected chi connectivity index (χ4v) is 6.47. The second kappa shape index (κ2) is 7.61. The van der Waals surface area contributed by atoms with E-state index in [0.29, 0.717) is 36.7 Å². The third-order valence-corrected chi connectivity index (χ3v) is 8.50. The summed E-state index contributed by atoms with van der Waals surface area (Å²) in [5.74, 6) is 0. The van der Waals surface area contributed by atoms with Crippen molar-refractivity contribution < 1.29 is 17.9 Å². The molecule has 0 radical (unpaired) electrons. The van der Waals surface area contributed by atoms with Gasteiger partial charge in [0.25, 0.3) is 10.0 Å². The molecule has 0 unspecified atom stereocenters. The van der Waals surface area contributed by atoms with Crippen molar-refractivity contribution in [1.82, 2.24) is 9.21 Å². The van der Waals surface area contributed by atoms with Crippen LogP contribution in [0.25, 0.3) is 0 Å². The molecule has 0 spiro atoms. The highest BCUT2D eigenvalue weighted by molar-refractivity contribution is 7.91. The molecule has 1 amide bonds. The Morgan fingerprint density at radius 1 is 1.07 bits per heavy atom. The SMILES string of the molecule is O=C1OC[C@H](Cc2ccccc2)N1C1CCN(S(=O)(=O)c2cccs2)CC1. The predicted octanol–water partition coefficient (Wildman–Crippen LogP) is 2.96. The average molecular weight is 407 g/mol. The minimum atomic E-state index is -3.42. The molecule has 27 heavy (non-hydrogen) atoms. The van der Waals surface area contributed by atoms with Crippen molar-refractivity contribution in [2.24, 2.45) is 0 Å². The van der Waals surface area contributed by atoms with E-state index in [1.54, 1.807) is 17.5 Å². The highest BCUT2D eigenvalue weighted by Gasteiger charge is 2.41. The van der Waals surface area contributed by atoms with Gasteiger partial charge in [-0.05, 0) is 36.3 Å². The highest BCUT2D eigenvalue weighted by atomic mass is 32.2. The first-order chi connectivity index (χ1) is 13.1. The van der Waals surface area contributed by atoms with E-state index in [4.69, 9.17) is 4.74 Å². The summed E-state index contributed by atoms with van der Waals surface area (Å²) < 4.78 is 32.6. The van der Waals surface area contributed by atoms with Crippen molar-refractivity contribution >= 4 is 27.5 Å². The second-order valence-electron chi connectivity index (χ2n) is 6.90. The van der Waals surface area contributed by atoms with E-state index in [1.807, 2.05) is 23.1 Å². The Labute approximate surface area is 163 Å². The molecule has 0 aliphatic carbocycles. The Balaban J connectivity index is 1.43. The molecule has 4 rings (SSSR count). The number of carbonyl (C=O) groups is 1. The molecule has 1 aromatic heterocycles. The number of hydrogen-bond donors (Lipinski definition) is 0. The maximum atomic E-state index is 12.7. The third kappa shape index (κ3) is 3.74. The van der Waals surface area contributed by atoms with Crippen LogP contribution >= 0.6 is 11.3 Å². The number of nitrogens with zero attached hydrogens (tertiary/aromatic N) is 2. The molecule has 2 aliphatic rings. The molecular weight excluding hydrogens is 384 g/mol. The van der Waals surface area contributed by atoms with E-state index in [0.717, 1.165) is 6.42 Å². The molecule has 8 heteroatoms. The van der Waals surface area contributed by atoms with Crippen LogP contribution in [0.4, 0.5) is 4.79 Å². The first-order valence-corrected chi connectivity index (χ1v) is 11.4. The van der Waals surface area contributed by atoms with Gasteiger partial charge in [0.1, 0.15) is 10.8 Å². The van der Waals surface area contributed by atoms with Gasteiger partial charge in [-0.15, -0.1) is 11.3 Å². The van der Waals surface area contributed by atoms with Gasteiger partial charge >= 0.3 is 6.09 Å². The summed E-state index contributed by atoms with van der Waals surface area (Å²) in [4.78, 5) is 14.1. The molecule has 6 nitrogen and oxygen atoms in total. The van der Waals surface area contributed by atoms with E-state index in [9.17, 15) is 13.2 Å². The van der Waals surface area contributed by atoms with E-state index >= 15 is 0 Å². The lowest BCUT2D eigenvalue weighted by Crippen LogP contribution is -2.50. The summed E-state index contributed by atoms with van der Waals surface area (Å²) in [6.45, 7) is 1.24. The summed E-state index contributed by atoms with van der Waals surface area (Å²) in [6, 6.07) is 13.5. The number of thiophene rings is 1. The van der Waals surface area contributed by atoms with Gasteiger partial charge in [0.15, 0.2) is 0 Å². The van der Waals surface area contributed by atoms with Gasteiger partial charge < -0.3 is 4.74 Å². The zero-order valence-electron chi connectivity index (χ0n) is 14.9. The molecule has 2 saturated heterocycles. The summed E-state index contributed by atoms with van der Waals surface area (Å²) in [6.07, 6.45) is 1.73. The lowest BCUT2D eigenvalue weighted by molar-refractivity contribution is 0.125. The number of rotatable bonds is 5. The Kier molecular flexibility index (Phi) is 5.21. The number of carbonyl (C=O) groups excluding carboxylic acids is 1. The molecule has 2 aliphatic heterocycles. The number of amides is 1. The number of ether oxygens (including phenoxy) is 1. The monoisotopic (exact) mass is 406 g/mol. The van der Waals surface area contributed by atoms with Crippen LogP contribution in [0.15, 0.2) is 52.1 Å². The Morgan fingerprint density at radius 2 is 1.81 bits per heavy atom. The number of cyclic esters (lactones) is 1. The smallest absolute Gasteiger partial charge is 0.410 e. The number of piperidine rings is 1. The first-order valence-electron chi connectivity index (χ1n) is 9.08. The second-order valence-corrected chi connectivity index (χ2v) is 10.0. The molecule has 3 heterocycles. The number of hydrogen-bond acceptors (Lipinski definition) is 5. The van der Waals surface area contributed by atoms with Crippen LogP contribution in [0.2, 0.25) is 0 Å². The van der Waals surface area contributed by atoms with E-state index in [-0.39, 0.29) is 18.2 Å². The predicted molar refractivity (Wildman–Crippen MR) is 103 cm³/mol. The van der Waals surface area contributed by atoms with Crippen molar-refractivity contribution in [3.8, 4) is 0 Å². The molecule has 1 aromatic carbocycles. The van der Waals surface area contributed by atoms with Crippen molar-refractivity contribution in [2.45, 2.75) is 35.6 Å². The topological polar surface area (TPSA) is 66.9 Å². The molecule has 2 fully saturated rings. The van der Waals surface area contributed by atoms with E-state index in [2.05, 4.69) is 12.1 Å². The van der Waals surface area contributed by atoms with Crippen LogP contribution in [0.1, 0.15) is 18.4 Å². The quantitative estimate of drug-likeness (QED) is 0.766. The summed E-state index contributed by atoms with van der Waals surface area (Å²) in [5.41, 5.74) is 1.17. The fourth-order valence-electron chi connectivity index (χ4n) is 3.86. The van der Waals surface area contributed by atoms with Crippen LogP contribution < -0.4 is 0 Å². The highest BCUT2D eigenvalue weighted by Crippen LogP contribution is 2.29. The number of benzene rings is 1. The Hall–Kier alpha value is -1.90. The first kappa shape index (κ1) is 18.5. The van der Waals surface area contributed by atoms with Gasteiger partial charge in [-0.2, -0.15) is 4.31 Å². The van der Waals surface area contributed by atoms with Crippen LogP contribution in [-0.2, 0) is 21.2 Å². The molecule has 144 valence electrons. The van der Waals surface area contributed by atoms with Crippen molar-refractivity contribution in [2.75, 3.05) is 19.7 Å². The lowest BCUT2D eigenvalue weighted by atomic mass is 10.00. The van der Waals surface area contributed by atoms with Gasteiger partial charge in [-0.3, -0.25) is 4.90 Å². The van der Waals surface area contributed by atoms with E-state index < -0.39 is 10.0 Å². The zero-order valence-corrected chi connectivity index (χ0v) is 16.5. The lowest BCUT2D eigenvalue weighted by Gasteiger charge is -2.37. The average Bonchev–Trinajstić information content (AvgIpc) is 3.34.